The minimum Gasteiger partial charge on any atom is -0.366 e. The first-order valence-electron chi connectivity index (χ1n) is 6.75. The molecular formula is C15H22Br2N2. The number of halogens is 2. The molecule has 0 saturated heterocycles. The van der Waals surface area contributed by atoms with Crippen molar-refractivity contribution in [3.63, 3.8) is 0 Å². The van der Waals surface area contributed by atoms with Gasteiger partial charge in [-0.25, -0.2) is 4.98 Å². The molecule has 0 radical (unpaired) electrons. The SMILES string of the molecule is CC1(C)CC(Nc2ncc(Br)cc2Br)CC(C)(C)C1. The van der Waals surface area contributed by atoms with Crippen molar-refractivity contribution >= 4 is 37.7 Å². The molecule has 0 bridgehead atoms. The molecule has 0 aromatic carbocycles. The molecular weight excluding hydrogens is 368 g/mol. The Morgan fingerprint density at radius 1 is 1.16 bits per heavy atom. The molecule has 0 atom stereocenters. The van der Waals surface area contributed by atoms with E-state index in [1.165, 1.54) is 19.3 Å². The molecule has 0 aliphatic heterocycles. The number of pyridine rings is 1. The number of aromatic nitrogens is 1. The largest absolute Gasteiger partial charge is 0.366 e. The van der Waals surface area contributed by atoms with Gasteiger partial charge in [0.05, 0.1) is 4.47 Å². The van der Waals surface area contributed by atoms with Crippen LogP contribution in [0.5, 0.6) is 0 Å². The minimum atomic E-state index is 0.390. The van der Waals surface area contributed by atoms with Crippen LogP contribution in [0.3, 0.4) is 0 Å². The Labute approximate surface area is 133 Å². The smallest absolute Gasteiger partial charge is 0.140 e. The standard InChI is InChI=1S/C15H22Br2N2/c1-14(2)6-11(7-15(3,4)9-14)19-13-12(17)5-10(16)8-18-13/h5,8,11H,6-7,9H2,1-4H3,(H,18,19). The third-order valence-electron chi connectivity index (χ3n) is 3.70. The molecule has 4 heteroatoms. The van der Waals surface area contributed by atoms with Crippen molar-refractivity contribution in [3.05, 3.63) is 21.2 Å². The van der Waals surface area contributed by atoms with Crippen LogP contribution in [0.2, 0.25) is 0 Å². The van der Waals surface area contributed by atoms with E-state index in [2.05, 4.69) is 69.9 Å². The van der Waals surface area contributed by atoms with Crippen LogP contribution in [0, 0.1) is 10.8 Å². The molecule has 0 amide bonds. The van der Waals surface area contributed by atoms with Crippen molar-refractivity contribution in [1.29, 1.82) is 0 Å². The van der Waals surface area contributed by atoms with E-state index < -0.39 is 0 Å². The summed E-state index contributed by atoms with van der Waals surface area (Å²) >= 11 is 7.01. The summed E-state index contributed by atoms with van der Waals surface area (Å²) in [5.41, 5.74) is 0.780. The predicted molar refractivity (Wildman–Crippen MR) is 88.5 cm³/mol. The van der Waals surface area contributed by atoms with Gasteiger partial charge in [0.2, 0.25) is 0 Å². The first-order valence-corrected chi connectivity index (χ1v) is 8.33. The Balaban J connectivity index is 2.14. The topological polar surface area (TPSA) is 24.9 Å². The van der Waals surface area contributed by atoms with Gasteiger partial charge in [0.15, 0.2) is 0 Å². The highest BCUT2D eigenvalue weighted by Crippen LogP contribution is 2.46. The van der Waals surface area contributed by atoms with E-state index in [9.17, 15) is 0 Å². The Morgan fingerprint density at radius 3 is 2.26 bits per heavy atom. The molecule has 106 valence electrons. The van der Waals surface area contributed by atoms with Crippen LogP contribution >= 0.6 is 31.9 Å². The molecule has 1 saturated carbocycles. The van der Waals surface area contributed by atoms with Gasteiger partial charge in [-0.2, -0.15) is 0 Å². The van der Waals surface area contributed by atoms with Crippen LogP contribution in [0.25, 0.3) is 0 Å². The van der Waals surface area contributed by atoms with Gasteiger partial charge in [0.25, 0.3) is 0 Å². The normalized spacial score (nSPS) is 22.2. The zero-order chi connectivity index (χ0) is 14.3. The van der Waals surface area contributed by atoms with Gasteiger partial charge in [-0.1, -0.05) is 27.7 Å². The first kappa shape index (κ1) is 15.3. The number of rotatable bonds is 2. The summed E-state index contributed by atoms with van der Waals surface area (Å²) in [5, 5.41) is 3.61. The Bertz CT molecular complexity index is 453. The van der Waals surface area contributed by atoms with Gasteiger partial charge in [0, 0.05) is 16.7 Å². The third-order valence-corrected chi connectivity index (χ3v) is 4.74. The fourth-order valence-corrected chi connectivity index (χ4v) is 4.76. The molecule has 0 spiro atoms. The van der Waals surface area contributed by atoms with Gasteiger partial charge in [0.1, 0.15) is 5.82 Å². The quantitative estimate of drug-likeness (QED) is 0.709. The molecule has 0 unspecified atom stereocenters. The number of nitrogens with zero attached hydrogens (tertiary/aromatic N) is 1. The highest BCUT2D eigenvalue weighted by molar-refractivity contribution is 9.11. The lowest BCUT2D eigenvalue weighted by Crippen LogP contribution is -2.40. The van der Waals surface area contributed by atoms with E-state index in [0.29, 0.717) is 16.9 Å². The summed E-state index contributed by atoms with van der Waals surface area (Å²) in [4.78, 5) is 4.46. The maximum absolute atomic E-state index is 4.46. The maximum atomic E-state index is 4.46. The number of anilines is 1. The molecule has 19 heavy (non-hydrogen) atoms. The van der Waals surface area contributed by atoms with Gasteiger partial charge in [-0.05, 0) is 68.0 Å². The lowest BCUT2D eigenvalue weighted by atomic mass is 9.63. The van der Waals surface area contributed by atoms with Crippen molar-refractivity contribution in [2.75, 3.05) is 5.32 Å². The summed E-state index contributed by atoms with van der Waals surface area (Å²) in [6, 6.07) is 2.53. The van der Waals surface area contributed by atoms with E-state index in [-0.39, 0.29) is 0 Å². The molecule has 1 N–H and O–H groups in total. The van der Waals surface area contributed by atoms with Crippen molar-refractivity contribution < 1.29 is 0 Å². The van der Waals surface area contributed by atoms with Crippen molar-refractivity contribution in [3.8, 4) is 0 Å². The molecule has 1 aliphatic rings. The van der Waals surface area contributed by atoms with Crippen LogP contribution in [-0.2, 0) is 0 Å². The average Bonchev–Trinajstić information content (AvgIpc) is 2.17. The number of hydrogen-bond acceptors (Lipinski definition) is 2. The highest BCUT2D eigenvalue weighted by atomic mass is 79.9. The summed E-state index contributed by atoms with van der Waals surface area (Å²) in [7, 11) is 0. The minimum absolute atomic E-state index is 0.390. The summed E-state index contributed by atoms with van der Waals surface area (Å²) in [5.74, 6) is 0.946. The average molecular weight is 390 g/mol. The number of nitrogens with one attached hydrogen (secondary N) is 1. The third kappa shape index (κ3) is 4.19. The van der Waals surface area contributed by atoms with E-state index in [0.717, 1.165) is 14.8 Å². The highest BCUT2D eigenvalue weighted by Gasteiger charge is 2.38. The van der Waals surface area contributed by atoms with Crippen molar-refractivity contribution in [2.45, 2.75) is 53.0 Å². The Morgan fingerprint density at radius 2 is 1.74 bits per heavy atom. The molecule has 1 aromatic rings. The summed E-state index contributed by atoms with van der Waals surface area (Å²) in [6.45, 7) is 9.47. The fourth-order valence-electron chi connectivity index (χ4n) is 3.66. The fraction of sp³-hybridized carbons (Fsp3) is 0.667. The Hall–Kier alpha value is -0.0900. The van der Waals surface area contributed by atoms with E-state index in [1.54, 1.807) is 0 Å². The maximum Gasteiger partial charge on any atom is 0.140 e. The van der Waals surface area contributed by atoms with Crippen LogP contribution in [-0.4, -0.2) is 11.0 Å². The van der Waals surface area contributed by atoms with E-state index in [4.69, 9.17) is 0 Å². The lowest BCUT2D eigenvalue weighted by molar-refractivity contribution is 0.105. The van der Waals surface area contributed by atoms with Crippen LogP contribution in [0.15, 0.2) is 21.2 Å². The predicted octanol–water partition coefficient (Wildman–Crippen LogP) is 5.62. The van der Waals surface area contributed by atoms with E-state index in [1.807, 2.05) is 12.3 Å². The first-order chi connectivity index (χ1) is 8.67. The van der Waals surface area contributed by atoms with Crippen LogP contribution in [0.4, 0.5) is 5.82 Å². The zero-order valence-corrected chi connectivity index (χ0v) is 15.2. The van der Waals surface area contributed by atoms with E-state index >= 15 is 0 Å². The summed E-state index contributed by atoms with van der Waals surface area (Å²) in [6.07, 6.45) is 5.51. The van der Waals surface area contributed by atoms with Crippen LogP contribution < -0.4 is 5.32 Å². The second kappa shape index (κ2) is 5.36. The molecule has 1 aliphatic carbocycles. The van der Waals surface area contributed by atoms with Gasteiger partial charge < -0.3 is 5.32 Å². The van der Waals surface area contributed by atoms with Crippen LogP contribution in [0.1, 0.15) is 47.0 Å². The molecule has 1 fully saturated rings. The second-order valence-corrected chi connectivity index (χ2v) is 9.01. The van der Waals surface area contributed by atoms with Gasteiger partial charge >= 0.3 is 0 Å². The number of hydrogen-bond donors (Lipinski definition) is 1. The molecule has 1 heterocycles. The summed E-state index contributed by atoms with van der Waals surface area (Å²) < 4.78 is 2.01. The Kier molecular flexibility index (Phi) is 4.32. The van der Waals surface area contributed by atoms with Gasteiger partial charge in [-0.15, -0.1) is 0 Å². The van der Waals surface area contributed by atoms with Crippen molar-refractivity contribution in [1.82, 2.24) is 4.98 Å². The lowest BCUT2D eigenvalue weighted by Gasteiger charge is -2.45. The molecule has 2 rings (SSSR count). The van der Waals surface area contributed by atoms with Gasteiger partial charge in [-0.3, -0.25) is 0 Å². The molecule has 1 aromatic heterocycles. The molecule has 2 nitrogen and oxygen atoms in total. The van der Waals surface area contributed by atoms with Crippen molar-refractivity contribution in [2.24, 2.45) is 10.8 Å². The monoisotopic (exact) mass is 388 g/mol. The zero-order valence-electron chi connectivity index (χ0n) is 12.1. The second-order valence-electron chi connectivity index (χ2n) is 7.24.